The van der Waals surface area contributed by atoms with Gasteiger partial charge in [0.1, 0.15) is 5.48 Å². The molecule has 0 fully saturated rings. The summed E-state index contributed by atoms with van der Waals surface area (Å²) < 4.78 is 1.38. The van der Waals surface area contributed by atoms with Gasteiger partial charge in [0.25, 0.3) is 5.56 Å². The van der Waals surface area contributed by atoms with Crippen molar-refractivity contribution in [3.05, 3.63) is 33.1 Å². The third kappa shape index (κ3) is 1.14. The van der Waals surface area contributed by atoms with E-state index in [0.717, 1.165) is 5.70 Å². The summed E-state index contributed by atoms with van der Waals surface area (Å²) in [6.45, 7) is 5.47. The first-order valence-corrected chi connectivity index (χ1v) is 4.17. The standard InChI is InChI=1S/C9H10N4O/c1-5-4-10-8-7(11-5)9(14)13(3)6(2)12-8/h4H,2H2,1,3H3,(H,10,12). The molecule has 1 aromatic heterocycles. The van der Waals surface area contributed by atoms with Crippen molar-refractivity contribution in [3.63, 3.8) is 0 Å². The molecule has 0 amide bonds. The van der Waals surface area contributed by atoms with E-state index in [1.807, 2.05) is 6.92 Å². The average Bonchev–Trinajstić information content (AvgIpc) is 2.16. The van der Waals surface area contributed by atoms with Gasteiger partial charge in [0, 0.05) is 13.2 Å². The molecular formula is C9H10N4O. The van der Waals surface area contributed by atoms with Crippen molar-refractivity contribution in [2.24, 2.45) is 12.0 Å². The Hall–Kier alpha value is -1.91. The Morgan fingerprint density at radius 1 is 1.57 bits per heavy atom. The van der Waals surface area contributed by atoms with Gasteiger partial charge in [-0.25, -0.2) is 9.98 Å². The second kappa shape index (κ2) is 2.80. The first-order valence-electron chi connectivity index (χ1n) is 4.17. The molecule has 0 unspecified atom stereocenters. The highest BCUT2D eigenvalue weighted by Crippen LogP contribution is 2.00. The van der Waals surface area contributed by atoms with Gasteiger partial charge in [0.15, 0.2) is 11.2 Å². The monoisotopic (exact) mass is 190 g/mol. The van der Waals surface area contributed by atoms with Crippen molar-refractivity contribution in [1.82, 2.24) is 9.55 Å². The van der Waals surface area contributed by atoms with Crippen LogP contribution in [-0.4, -0.2) is 9.55 Å². The van der Waals surface area contributed by atoms with E-state index in [1.54, 1.807) is 13.2 Å². The zero-order valence-corrected chi connectivity index (χ0v) is 8.03. The molecule has 0 bridgehead atoms. The van der Waals surface area contributed by atoms with E-state index >= 15 is 0 Å². The first-order chi connectivity index (χ1) is 6.59. The minimum absolute atomic E-state index is 0.181. The molecule has 1 aliphatic rings. The number of rotatable bonds is 0. The number of allylic oxidation sites excluding steroid dienone is 1. The van der Waals surface area contributed by atoms with E-state index in [1.165, 1.54) is 4.57 Å². The van der Waals surface area contributed by atoms with E-state index in [0.29, 0.717) is 16.7 Å². The smallest absolute Gasteiger partial charge is 0.281 e. The van der Waals surface area contributed by atoms with Gasteiger partial charge >= 0.3 is 0 Å². The molecule has 0 aromatic carbocycles. The largest absolute Gasteiger partial charge is 0.343 e. The van der Waals surface area contributed by atoms with Crippen LogP contribution in [0.4, 0.5) is 5.82 Å². The normalized spacial score (nSPS) is 13.7. The van der Waals surface area contributed by atoms with Gasteiger partial charge < -0.3 is 5.32 Å². The molecule has 0 spiro atoms. The third-order valence-electron chi connectivity index (χ3n) is 2.07. The Morgan fingerprint density at radius 2 is 2.29 bits per heavy atom. The molecule has 14 heavy (non-hydrogen) atoms. The molecule has 0 aliphatic carbocycles. The van der Waals surface area contributed by atoms with Crippen LogP contribution in [0, 0.1) is 0 Å². The van der Waals surface area contributed by atoms with Crippen LogP contribution in [-0.2, 0) is 7.05 Å². The van der Waals surface area contributed by atoms with Crippen LogP contribution in [0.2, 0.25) is 0 Å². The number of hydrogen-bond acceptors (Lipinski definition) is 4. The van der Waals surface area contributed by atoms with E-state index < -0.39 is 0 Å². The average molecular weight is 190 g/mol. The summed E-state index contributed by atoms with van der Waals surface area (Å²) in [6.07, 6.45) is 1.70. The summed E-state index contributed by atoms with van der Waals surface area (Å²) in [4.78, 5) is 19.9. The fraction of sp³-hybridized carbons (Fsp3) is 0.222. The third-order valence-corrected chi connectivity index (χ3v) is 2.07. The van der Waals surface area contributed by atoms with Gasteiger partial charge in [-0.15, -0.1) is 0 Å². The number of hydrogen-bond donors (Lipinski definition) is 1. The molecule has 0 saturated heterocycles. The lowest BCUT2D eigenvalue weighted by molar-refractivity contribution is 0.767. The summed E-state index contributed by atoms with van der Waals surface area (Å²) in [5.74, 6) is 0.476. The number of fused-ring (bicyclic) bond motifs is 1. The maximum atomic E-state index is 11.7. The summed E-state index contributed by atoms with van der Waals surface area (Å²) in [5, 5.41) is 3.25. The minimum Gasteiger partial charge on any atom is -0.343 e. The maximum Gasteiger partial charge on any atom is 0.281 e. The highest BCUT2D eigenvalue weighted by Gasteiger charge is 2.08. The molecule has 0 radical (unpaired) electrons. The fourth-order valence-electron chi connectivity index (χ4n) is 1.22. The summed E-state index contributed by atoms with van der Waals surface area (Å²) in [7, 11) is 1.63. The molecular weight excluding hydrogens is 180 g/mol. The lowest BCUT2D eigenvalue weighted by atomic mass is 10.4. The Balaban J connectivity index is 2.94. The molecule has 0 saturated carbocycles. The Bertz CT molecular complexity index is 582. The topological polar surface area (TPSA) is 59.3 Å². The molecule has 2 heterocycles. The summed E-state index contributed by atoms with van der Waals surface area (Å²) in [5.41, 5.74) is 0.998. The van der Waals surface area contributed by atoms with Crippen LogP contribution in [0.3, 0.4) is 0 Å². The number of nitrogens with one attached hydrogen (secondary N) is 1. The van der Waals surface area contributed by atoms with Crippen molar-refractivity contribution in [2.75, 3.05) is 5.32 Å². The van der Waals surface area contributed by atoms with Crippen LogP contribution >= 0.6 is 0 Å². The van der Waals surface area contributed by atoms with Crippen LogP contribution in [0.5, 0.6) is 0 Å². The second-order valence-electron chi connectivity index (χ2n) is 3.13. The number of aromatic nitrogens is 2. The molecule has 5 heteroatoms. The number of anilines is 1. The van der Waals surface area contributed by atoms with Gasteiger partial charge in [0.05, 0.1) is 5.70 Å². The summed E-state index contributed by atoms with van der Waals surface area (Å²) in [6, 6.07) is 0. The zero-order valence-electron chi connectivity index (χ0n) is 8.03. The predicted molar refractivity (Wildman–Crippen MR) is 53.2 cm³/mol. The van der Waals surface area contributed by atoms with Crippen molar-refractivity contribution >= 4 is 12.4 Å². The lowest BCUT2D eigenvalue weighted by Gasteiger charge is -2.08. The van der Waals surface area contributed by atoms with Crippen molar-refractivity contribution in [3.8, 4) is 0 Å². The number of nitrogens with zero attached hydrogens (tertiary/aromatic N) is 3. The van der Waals surface area contributed by atoms with Crippen LogP contribution in [0.25, 0.3) is 6.58 Å². The Kier molecular flexibility index (Phi) is 1.73. The SMILES string of the molecule is C=c1nc2c(c(=O)n1C)=NC(C)=CN2. The van der Waals surface area contributed by atoms with Gasteiger partial charge in [-0.05, 0) is 6.92 Å². The van der Waals surface area contributed by atoms with Crippen molar-refractivity contribution in [1.29, 1.82) is 0 Å². The summed E-state index contributed by atoms with van der Waals surface area (Å²) >= 11 is 0. The molecule has 72 valence electrons. The van der Waals surface area contributed by atoms with Crippen molar-refractivity contribution in [2.45, 2.75) is 6.92 Å². The Morgan fingerprint density at radius 3 is 3.00 bits per heavy atom. The van der Waals surface area contributed by atoms with E-state index in [2.05, 4.69) is 21.9 Å². The quantitative estimate of drug-likeness (QED) is 0.576. The molecule has 2 rings (SSSR count). The van der Waals surface area contributed by atoms with Crippen molar-refractivity contribution < 1.29 is 0 Å². The fourth-order valence-corrected chi connectivity index (χ4v) is 1.22. The van der Waals surface area contributed by atoms with E-state index in [9.17, 15) is 4.79 Å². The maximum absolute atomic E-state index is 11.7. The lowest BCUT2D eigenvalue weighted by Crippen LogP contribution is -2.44. The van der Waals surface area contributed by atoms with Gasteiger partial charge in [-0.3, -0.25) is 9.36 Å². The molecule has 1 aliphatic heterocycles. The zero-order chi connectivity index (χ0) is 10.3. The highest BCUT2D eigenvalue weighted by atomic mass is 16.1. The van der Waals surface area contributed by atoms with Gasteiger partial charge in [0.2, 0.25) is 0 Å². The van der Waals surface area contributed by atoms with E-state index in [4.69, 9.17) is 0 Å². The highest BCUT2D eigenvalue weighted by molar-refractivity contribution is 5.39. The second-order valence-corrected chi connectivity index (χ2v) is 3.13. The molecule has 0 atom stereocenters. The van der Waals surface area contributed by atoms with Crippen LogP contribution < -0.4 is 21.7 Å². The van der Waals surface area contributed by atoms with Crippen LogP contribution in [0.1, 0.15) is 6.92 Å². The van der Waals surface area contributed by atoms with Crippen LogP contribution in [0.15, 0.2) is 21.7 Å². The Labute approximate surface area is 80.1 Å². The van der Waals surface area contributed by atoms with E-state index in [-0.39, 0.29) is 5.56 Å². The molecule has 5 nitrogen and oxygen atoms in total. The predicted octanol–water partition coefficient (Wildman–Crippen LogP) is -0.903. The minimum atomic E-state index is -0.181. The van der Waals surface area contributed by atoms with Gasteiger partial charge in [-0.2, -0.15) is 0 Å². The molecule has 1 aromatic rings. The first kappa shape index (κ1) is 8.68. The molecule has 1 N–H and O–H groups in total. The van der Waals surface area contributed by atoms with Gasteiger partial charge in [-0.1, -0.05) is 6.58 Å².